The number of halogens is 2. The van der Waals surface area contributed by atoms with Gasteiger partial charge in [-0.3, -0.25) is 4.79 Å². The fraction of sp³-hybridized carbons (Fsp3) is 0.214. The van der Waals surface area contributed by atoms with Crippen molar-refractivity contribution in [3.05, 3.63) is 55.1 Å². The number of nitrogens with two attached hydrogens (primary N) is 1. The molecule has 0 saturated carbocycles. The lowest BCUT2D eigenvalue weighted by molar-refractivity contribution is 0.100. The molecule has 1 aromatic heterocycles. The number of primary amides is 1. The van der Waals surface area contributed by atoms with Crippen molar-refractivity contribution in [3.8, 4) is 0 Å². The lowest BCUT2D eigenvalue weighted by Gasteiger charge is -2.07. The monoisotopic (exact) mass is 372 g/mol. The first-order valence-corrected chi connectivity index (χ1v) is 8.08. The third-order valence-corrected chi connectivity index (χ3v) is 4.87. The Morgan fingerprint density at radius 3 is 2.75 bits per heavy atom. The summed E-state index contributed by atoms with van der Waals surface area (Å²) in [6.07, 6.45) is 0.979. The van der Waals surface area contributed by atoms with Gasteiger partial charge in [-0.1, -0.05) is 17.7 Å². The van der Waals surface area contributed by atoms with Crippen LogP contribution >= 0.6 is 38.9 Å². The number of hydrogen-bond acceptors (Lipinski definition) is 3. The number of rotatable bonds is 6. The summed E-state index contributed by atoms with van der Waals surface area (Å²) in [6, 6.07) is 9.31. The second-order valence-electron chi connectivity index (χ2n) is 4.30. The molecule has 0 radical (unpaired) electrons. The van der Waals surface area contributed by atoms with Gasteiger partial charge >= 0.3 is 0 Å². The molecule has 0 aliphatic carbocycles. The molecule has 1 heterocycles. The quantitative estimate of drug-likeness (QED) is 0.760. The van der Waals surface area contributed by atoms with Crippen LogP contribution in [0.25, 0.3) is 0 Å². The van der Waals surface area contributed by atoms with Gasteiger partial charge < -0.3 is 11.1 Å². The summed E-state index contributed by atoms with van der Waals surface area (Å²) < 4.78 is 1.15. The van der Waals surface area contributed by atoms with Crippen LogP contribution in [0, 0.1) is 0 Å². The SMILES string of the molecule is NC(=O)c1ccc(CNCCc2ccc(Br)s2)c(Cl)c1. The van der Waals surface area contributed by atoms with Gasteiger partial charge in [0.1, 0.15) is 0 Å². The minimum absolute atomic E-state index is 0.433. The zero-order valence-electron chi connectivity index (χ0n) is 10.7. The molecular formula is C14H14BrClN2OS. The molecule has 0 unspecified atom stereocenters. The van der Waals surface area contributed by atoms with Gasteiger partial charge in [0.25, 0.3) is 0 Å². The summed E-state index contributed by atoms with van der Waals surface area (Å²) in [7, 11) is 0. The van der Waals surface area contributed by atoms with E-state index in [9.17, 15) is 4.79 Å². The predicted octanol–water partition coefficient (Wildman–Crippen LogP) is 3.60. The molecule has 6 heteroatoms. The highest BCUT2D eigenvalue weighted by Crippen LogP contribution is 2.22. The van der Waals surface area contributed by atoms with Crippen molar-refractivity contribution in [2.75, 3.05) is 6.54 Å². The average molecular weight is 374 g/mol. The molecule has 1 amide bonds. The van der Waals surface area contributed by atoms with E-state index in [1.165, 1.54) is 4.88 Å². The van der Waals surface area contributed by atoms with E-state index < -0.39 is 5.91 Å². The topological polar surface area (TPSA) is 55.1 Å². The summed E-state index contributed by atoms with van der Waals surface area (Å²) in [4.78, 5) is 12.4. The maximum atomic E-state index is 11.0. The minimum atomic E-state index is -0.463. The predicted molar refractivity (Wildman–Crippen MR) is 87.4 cm³/mol. The van der Waals surface area contributed by atoms with E-state index in [1.807, 2.05) is 6.07 Å². The molecule has 3 N–H and O–H groups in total. The molecule has 0 saturated heterocycles. The van der Waals surface area contributed by atoms with Crippen molar-refractivity contribution in [1.82, 2.24) is 5.32 Å². The summed E-state index contributed by atoms with van der Waals surface area (Å²) >= 11 is 11.3. The third kappa shape index (κ3) is 4.31. The van der Waals surface area contributed by atoms with Crippen LogP contribution in [0.15, 0.2) is 34.1 Å². The Morgan fingerprint density at radius 1 is 1.35 bits per heavy atom. The standard InChI is InChI=1S/C14H14BrClN2OS/c15-13-4-3-11(20-13)5-6-18-8-10-2-1-9(14(17)19)7-12(10)16/h1-4,7,18H,5-6,8H2,(H2,17,19). The van der Waals surface area contributed by atoms with Gasteiger partial charge in [0.2, 0.25) is 5.91 Å². The van der Waals surface area contributed by atoms with Gasteiger partial charge in [-0.2, -0.15) is 0 Å². The first kappa shape index (κ1) is 15.5. The number of nitrogens with one attached hydrogen (secondary N) is 1. The Labute approximate surface area is 135 Å². The molecule has 0 aliphatic rings. The third-order valence-electron chi connectivity index (χ3n) is 2.83. The molecule has 0 spiro atoms. The highest BCUT2D eigenvalue weighted by atomic mass is 79.9. The highest BCUT2D eigenvalue weighted by molar-refractivity contribution is 9.11. The molecule has 106 valence electrons. The summed E-state index contributed by atoms with van der Waals surface area (Å²) in [5, 5.41) is 3.90. The van der Waals surface area contributed by atoms with Crippen LogP contribution in [0.1, 0.15) is 20.8 Å². The lowest BCUT2D eigenvalue weighted by atomic mass is 10.1. The van der Waals surface area contributed by atoms with Crippen molar-refractivity contribution in [2.45, 2.75) is 13.0 Å². The Kier molecular flexibility index (Phi) is 5.60. The van der Waals surface area contributed by atoms with Crippen LogP contribution < -0.4 is 11.1 Å². The van der Waals surface area contributed by atoms with E-state index in [-0.39, 0.29) is 0 Å². The van der Waals surface area contributed by atoms with Crippen molar-refractivity contribution in [2.24, 2.45) is 5.73 Å². The van der Waals surface area contributed by atoms with Crippen LogP contribution in [0.5, 0.6) is 0 Å². The van der Waals surface area contributed by atoms with Crippen LogP contribution in [-0.4, -0.2) is 12.5 Å². The van der Waals surface area contributed by atoms with E-state index in [4.69, 9.17) is 17.3 Å². The van der Waals surface area contributed by atoms with Crippen molar-refractivity contribution < 1.29 is 4.79 Å². The van der Waals surface area contributed by atoms with Gasteiger partial charge in [-0.05, 0) is 52.2 Å². The van der Waals surface area contributed by atoms with Gasteiger partial charge in [0.05, 0.1) is 3.79 Å². The largest absolute Gasteiger partial charge is 0.366 e. The van der Waals surface area contributed by atoms with E-state index in [1.54, 1.807) is 23.5 Å². The molecule has 0 atom stereocenters. The molecule has 2 aromatic rings. The Morgan fingerprint density at radius 2 is 2.15 bits per heavy atom. The Balaban J connectivity index is 1.83. The molecule has 0 aliphatic heterocycles. The molecule has 20 heavy (non-hydrogen) atoms. The summed E-state index contributed by atoms with van der Waals surface area (Å²) in [5.41, 5.74) is 6.60. The van der Waals surface area contributed by atoms with E-state index in [2.05, 4.69) is 33.4 Å². The van der Waals surface area contributed by atoms with E-state index in [0.29, 0.717) is 17.1 Å². The molecule has 2 rings (SSSR count). The number of benzene rings is 1. The van der Waals surface area contributed by atoms with Gasteiger partial charge in [0, 0.05) is 28.6 Å². The normalized spacial score (nSPS) is 10.7. The van der Waals surface area contributed by atoms with Crippen molar-refractivity contribution in [3.63, 3.8) is 0 Å². The van der Waals surface area contributed by atoms with Crippen molar-refractivity contribution >= 4 is 44.8 Å². The molecule has 3 nitrogen and oxygen atoms in total. The fourth-order valence-corrected chi connectivity index (χ4v) is 3.49. The number of amides is 1. The highest BCUT2D eigenvalue weighted by Gasteiger charge is 2.05. The minimum Gasteiger partial charge on any atom is -0.366 e. The van der Waals surface area contributed by atoms with Crippen LogP contribution in [0.4, 0.5) is 0 Å². The first-order chi connectivity index (χ1) is 9.56. The zero-order chi connectivity index (χ0) is 14.5. The summed E-state index contributed by atoms with van der Waals surface area (Å²) in [6.45, 7) is 1.55. The Hall–Kier alpha value is -0.880. The Bertz CT molecular complexity index is 615. The van der Waals surface area contributed by atoms with E-state index >= 15 is 0 Å². The lowest BCUT2D eigenvalue weighted by Crippen LogP contribution is -2.17. The van der Waals surface area contributed by atoms with Crippen LogP contribution in [0.2, 0.25) is 5.02 Å². The van der Waals surface area contributed by atoms with Gasteiger partial charge in [-0.25, -0.2) is 0 Å². The first-order valence-electron chi connectivity index (χ1n) is 6.09. The van der Waals surface area contributed by atoms with Crippen molar-refractivity contribution in [1.29, 1.82) is 0 Å². The second kappa shape index (κ2) is 7.22. The second-order valence-corrected chi connectivity index (χ2v) is 7.26. The molecule has 0 fully saturated rings. The average Bonchev–Trinajstić information content (AvgIpc) is 2.81. The number of carbonyl (C=O) groups excluding carboxylic acids is 1. The maximum absolute atomic E-state index is 11.0. The molecular weight excluding hydrogens is 360 g/mol. The number of carbonyl (C=O) groups is 1. The smallest absolute Gasteiger partial charge is 0.248 e. The summed E-state index contributed by atoms with van der Waals surface area (Å²) in [5.74, 6) is -0.463. The fourth-order valence-electron chi connectivity index (χ4n) is 1.76. The molecule has 1 aromatic carbocycles. The maximum Gasteiger partial charge on any atom is 0.248 e. The number of thiophene rings is 1. The van der Waals surface area contributed by atoms with Crippen LogP contribution in [0.3, 0.4) is 0 Å². The zero-order valence-corrected chi connectivity index (χ0v) is 13.8. The molecule has 0 bridgehead atoms. The van der Waals surface area contributed by atoms with E-state index in [0.717, 1.165) is 22.3 Å². The van der Waals surface area contributed by atoms with Crippen LogP contribution in [-0.2, 0) is 13.0 Å². The van der Waals surface area contributed by atoms with Gasteiger partial charge in [-0.15, -0.1) is 11.3 Å². The van der Waals surface area contributed by atoms with Gasteiger partial charge in [0.15, 0.2) is 0 Å². The number of hydrogen-bond donors (Lipinski definition) is 2.